The van der Waals surface area contributed by atoms with Gasteiger partial charge in [-0.05, 0) is 143 Å². The van der Waals surface area contributed by atoms with Gasteiger partial charge in [0.25, 0.3) is 0 Å². The van der Waals surface area contributed by atoms with E-state index in [9.17, 15) is 0 Å². The first-order chi connectivity index (χ1) is 30.3. The van der Waals surface area contributed by atoms with Crippen LogP contribution in [-0.4, -0.2) is 4.57 Å². The smallest absolute Gasteiger partial charge is 0.0541 e. The van der Waals surface area contributed by atoms with Crippen molar-refractivity contribution < 1.29 is 0 Å². The molecule has 0 bridgehead atoms. The van der Waals surface area contributed by atoms with Crippen LogP contribution in [0.1, 0.15) is 62.5 Å². The second-order valence-corrected chi connectivity index (χ2v) is 17.8. The Labute approximate surface area is 359 Å². The predicted molar refractivity (Wildman–Crippen MR) is 256 cm³/mol. The van der Waals surface area contributed by atoms with Crippen molar-refractivity contribution in [1.29, 1.82) is 0 Å². The van der Waals surface area contributed by atoms with Gasteiger partial charge in [0, 0.05) is 38.9 Å². The number of anilines is 3. The fourth-order valence-corrected chi connectivity index (χ4v) is 12.2. The lowest BCUT2D eigenvalue weighted by Crippen LogP contribution is -2.40. The summed E-state index contributed by atoms with van der Waals surface area (Å²) in [5.41, 5.74) is 18.4. The summed E-state index contributed by atoms with van der Waals surface area (Å²) in [6.45, 7) is 0. The van der Waals surface area contributed by atoms with Crippen molar-refractivity contribution in [3.05, 3.63) is 205 Å². The molecule has 0 amide bonds. The molecule has 0 spiro atoms. The molecule has 296 valence electrons. The average Bonchev–Trinajstić information content (AvgIpc) is 4.16. The van der Waals surface area contributed by atoms with Gasteiger partial charge in [-0.15, -0.1) is 0 Å². The van der Waals surface area contributed by atoms with Crippen molar-refractivity contribution in [2.75, 3.05) is 4.90 Å². The zero-order valence-corrected chi connectivity index (χ0v) is 34.7. The Hall–Kier alpha value is -6.64. The minimum absolute atomic E-state index is 0.0319. The van der Waals surface area contributed by atoms with Crippen LogP contribution in [0.3, 0.4) is 0 Å². The van der Waals surface area contributed by atoms with Crippen molar-refractivity contribution in [3.63, 3.8) is 0 Å². The zero-order valence-electron chi connectivity index (χ0n) is 34.7. The first kappa shape index (κ1) is 36.2. The van der Waals surface area contributed by atoms with Gasteiger partial charge in [-0.1, -0.05) is 159 Å². The Kier molecular flexibility index (Phi) is 8.80. The van der Waals surface area contributed by atoms with E-state index in [1.807, 2.05) is 0 Å². The van der Waals surface area contributed by atoms with Crippen LogP contribution in [0.15, 0.2) is 194 Å². The predicted octanol–water partition coefficient (Wildman–Crippen LogP) is 16.2. The van der Waals surface area contributed by atoms with Crippen LogP contribution >= 0.6 is 0 Å². The molecule has 0 radical (unpaired) electrons. The van der Waals surface area contributed by atoms with Gasteiger partial charge < -0.3 is 9.47 Å². The third kappa shape index (κ3) is 5.76. The highest BCUT2D eigenvalue weighted by molar-refractivity contribution is 6.09. The Morgan fingerprint density at radius 1 is 0.377 bits per heavy atom. The van der Waals surface area contributed by atoms with E-state index in [1.54, 1.807) is 11.1 Å². The van der Waals surface area contributed by atoms with Gasteiger partial charge in [-0.25, -0.2) is 0 Å². The largest absolute Gasteiger partial charge is 0.310 e. The molecular formula is C59H50N2. The summed E-state index contributed by atoms with van der Waals surface area (Å²) < 4.78 is 2.53. The topological polar surface area (TPSA) is 8.17 Å². The van der Waals surface area contributed by atoms with E-state index in [1.165, 1.54) is 129 Å². The van der Waals surface area contributed by atoms with Gasteiger partial charge in [0.15, 0.2) is 0 Å². The number of rotatable bonds is 8. The van der Waals surface area contributed by atoms with E-state index in [0.29, 0.717) is 11.8 Å². The molecule has 0 aliphatic heterocycles. The molecule has 2 fully saturated rings. The molecule has 61 heavy (non-hydrogen) atoms. The molecule has 2 saturated carbocycles. The molecule has 8 aromatic carbocycles. The first-order valence-electron chi connectivity index (χ1n) is 22.7. The molecule has 2 heteroatoms. The number of benzene rings is 8. The lowest BCUT2D eigenvalue weighted by molar-refractivity contribution is 0.223. The van der Waals surface area contributed by atoms with Crippen LogP contribution in [0, 0.1) is 11.8 Å². The Balaban J connectivity index is 1.03. The van der Waals surface area contributed by atoms with Crippen LogP contribution in [-0.2, 0) is 5.41 Å². The monoisotopic (exact) mass is 786 g/mol. The number of aromatic nitrogens is 1. The highest BCUT2D eigenvalue weighted by Gasteiger charge is 2.54. The van der Waals surface area contributed by atoms with Gasteiger partial charge in [0.05, 0.1) is 11.0 Å². The molecule has 3 aliphatic rings. The normalized spacial score (nSPS) is 16.0. The van der Waals surface area contributed by atoms with Crippen molar-refractivity contribution in [3.8, 4) is 39.1 Å². The Bertz CT molecular complexity index is 2970. The Morgan fingerprint density at radius 2 is 0.836 bits per heavy atom. The number of hydrogen-bond donors (Lipinski definition) is 0. The van der Waals surface area contributed by atoms with Crippen molar-refractivity contribution in [1.82, 2.24) is 4.57 Å². The SMILES string of the molecule is c1ccc(-c2ccccc2-c2ccc(N(c3ccccc3)c3ccc4c(c3)C(C3CCCC3)(C3CCCC3)c3cc(-n5c6ccccc6c6ccccc65)ccc3-4)cc2)cc1. The van der Waals surface area contributed by atoms with E-state index in [4.69, 9.17) is 0 Å². The number of para-hydroxylation sites is 3. The van der Waals surface area contributed by atoms with Crippen molar-refractivity contribution in [2.45, 2.75) is 56.8 Å². The third-order valence-corrected chi connectivity index (χ3v) is 14.7. The van der Waals surface area contributed by atoms with Crippen molar-refractivity contribution >= 4 is 38.9 Å². The van der Waals surface area contributed by atoms with Crippen LogP contribution in [0.2, 0.25) is 0 Å². The summed E-state index contributed by atoms with van der Waals surface area (Å²) >= 11 is 0. The van der Waals surface area contributed by atoms with Gasteiger partial charge in [-0.3, -0.25) is 0 Å². The molecule has 0 N–H and O–H groups in total. The number of nitrogens with zero attached hydrogens (tertiary/aromatic N) is 2. The number of fused-ring (bicyclic) bond motifs is 6. The second kappa shape index (κ2) is 14.8. The molecule has 0 atom stereocenters. The van der Waals surface area contributed by atoms with E-state index in [2.05, 4.69) is 204 Å². The van der Waals surface area contributed by atoms with Crippen LogP contribution in [0.4, 0.5) is 17.1 Å². The molecular weight excluding hydrogens is 737 g/mol. The van der Waals surface area contributed by atoms with Gasteiger partial charge >= 0.3 is 0 Å². The summed E-state index contributed by atoms with van der Waals surface area (Å²) in [5, 5.41) is 2.64. The maximum absolute atomic E-state index is 2.64. The highest BCUT2D eigenvalue weighted by Crippen LogP contribution is 2.63. The summed E-state index contributed by atoms with van der Waals surface area (Å²) in [6, 6.07) is 72.8. The lowest BCUT2D eigenvalue weighted by atomic mass is 9.59. The van der Waals surface area contributed by atoms with Gasteiger partial charge in [0.1, 0.15) is 0 Å². The minimum Gasteiger partial charge on any atom is -0.310 e. The summed E-state index contributed by atoms with van der Waals surface area (Å²) in [7, 11) is 0. The maximum Gasteiger partial charge on any atom is 0.0541 e. The fraction of sp³-hybridized carbons (Fsp3) is 0.186. The molecule has 12 rings (SSSR count). The number of hydrogen-bond acceptors (Lipinski definition) is 1. The lowest BCUT2D eigenvalue weighted by Gasteiger charge is -2.44. The zero-order chi connectivity index (χ0) is 40.3. The van der Waals surface area contributed by atoms with E-state index in [0.717, 1.165) is 0 Å². The molecule has 3 aliphatic carbocycles. The summed E-state index contributed by atoms with van der Waals surface area (Å²) in [4.78, 5) is 2.49. The van der Waals surface area contributed by atoms with Gasteiger partial charge in [0.2, 0.25) is 0 Å². The quantitative estimate of drug-likeness (QED) is 0.149. The van der Waals surface area contributed by atoms with E-state index < -0.39 is 0 Å². The van der Waals surface area contributed by atoms with Crippen LogP contribution < -0.4 is 4.90 Å². The average molecular weight is 787 g/mol. The van der Waals surface area contributed by atoms with Crippen LogP contribution in [0.5, 0.6) is 0 Å². The van der Waals surface area contributed by atoms with E-state index in [-0.39, 0.29) is 5.41 Å². The van der Waals surface area contributed by atoms with Crippen LogP contribution in [0.25, 0.3) is 60.9 Å². The molecule has 1 aromatic heterocycles. The second-order valence-electron chi connectivity index (χ2n) is 17.8. The first-order valence-corrected chi connectivity index (χ1v) is 22.7. The van der Waals surface area contributed by atoms with Gasteiger partial charge in [-0.2, -0.15) is 0 Å². The molecule has 1 heterocycles. The summed E-state index contributed by atoms with van der Waals surface area (Å²) in [6.07, 6.45) is 10.5. The molecule has 9 aromatic rings. The highest BCUT2D eigenvalue weighted by atomic mass is 15.1. The Morgan fingerprint density at radius 3 is 1.44 bits per heavy atom. The third-order valence-electron chi connectivity index (χ3n) is 14.7. The molecule has 0 saturated heterocycles. The molecule has 0 unspecified atom stereocenters. The fourth-order valence-electron chi connectivity index (χ4n) is 12.2. The molecule has 2 nitrogen and oxygen atoms in total. The van der Waals surface area contributed by atoms with E-state index >= 15 is 0 Å². The summed E-state index contributed by atoms with van der Waals surface area (Å²) in [5.74, 6) is 1.24. The standard InChI is InChI=1S/C59H50N2/c1-3-17-41(18-4-1)49-25-11-12-26-50(49)42-31-33-46(34-32-42)60(45-23-5-2-6-24-45)47-35-37-51-52-38-36-48(61-57-29-15-13-27-53(57)54-28-14-16-30-58(54)61)40-56(52)59(55(51)39-47,43-19-7-8-20-43)44-21-9-10-22-44/h1-6,11-18,23-40,43-44H,7-10,19-22H2. The maximum atomic E-state index is 2.64. The minimum atomic E-state index is -0.0319. The van der Waals surface area contributed by atoms with Crippen molar-refractivity contribution in [2.24, 2.45) is 11.8 Å².